The van der Waals surface area contributed by atoms with Crippen molar-refractivity contribution in [2.75, 3.05) is 52.9 Å². The minimum Gasteiger partial charge on any atom is -0.361 e. The molecule has 2 aliphatic heterocycles. The number of benzene rings is 2. The van der Waals surface area contributed by atoms with Crippen LogP contribution in [0, 0.1) is 24.7 Å². The summed E-state index contributed by atoms with van der Waals surface area (Å²) in [6.45, 7) is 5.55. The van der Waals surface area contributed by atoms with Gasteiger partial charge >= 0.3 is 0 Å². The Morgan fingerprint density at radius 2 is 1.46 bits per heavy atom. The lowest BCUT2D eigenvalue weighted by Gasteiger charge is -2.32. The van der Waals surface area contributed by atoms with E-state index in [1.807, 2.05) is 67.7 Å². The molecule has 11 heteroatoms. The lowest BCUT2D eigenvalue weighted by atomic mass is 10.00. The molecule has 0 bridgehead atoms. The molecule has 2 aromatic carbocycles. The van der Waals surface area contributed by atoms with Crippen molar-refractivity contribution in [2.45, 2.75) is 56.0 Å². The van der Waals surface area contributed by atoms with Crippen LogP contribution in [0.1, 0.15) is 24.5 Å². The summed E-state index contributed by atoms with van der Waals surface area (Å²) in [5.41, 5.74) is 1.05. The van der Waals surface area contributed by atoms with Gasteiger partial charge < -0.3 is 25.6 Å². The molecule has 0 radical (unpaired) electrons. The van der Waals surface area contributed by atoms with Crippen LogP contribution in [0.25, 0.3) is 0 Å². The lowest BCUT2D eigenvalue weighted by Crippen LogP contribution is -2.57. The van der Waals surface area contributed by atoms with Crippen molar-refractivity contribution >= 4 is 23.5 Å². The van der Waals surface area contributed by atoms with Crippen LogP contribution < -0.4 is 21.3 Å². The van der Waals surface area contributed by atoms with E-state index in [0.717, 1.165) is 37.3 Å². The van der Waals surface area contributed by atoms with Gasteiger partial charge in [-0.05, 0) is 44.4 Å². The molecule has 254 valence electrons. The Morgan fingerprint density at radius 1 is 0.854 bits per heavy atom. The molecule has 5 atom stereocenters. The summed E-state index contributed by atoms with van der Waals surface area (Å²) in [5, 5.41) is 11.5. The van der Waals surface area contributed by atoms with Crippen molar-refractivity contribution in [2.24, 2.45) is 0 Å². The van der Waals surface area contributed by atoms with Gasteiger partial charge in [-0.15, -0.1) is 12.8 Å². The fourth-order valence-corrected chi connectivity index (χ4v) is 5.50. The maximum Gasteiger partial charge on any atom is 0.255 e. The number of ketones is 1. The molecule has 0 spiro atoms. The summed E-state index contributed by atoms with van der Waals surface area (Å²) in [4.78, 5) is 57.3. The van der Waals surface area contributed by atoms with Crippen LogP contribution in [0.4, 0.5) is 0 Å². The number of piperazine rings is 1. The fraction of sp³-hybridized carbons (Fsp3) is 0.459. The predicted octanol–water partition coefficient (Wildman–Crippen LogP) is 0.146. The molecule has 0 unspecified atom stereocenters. The summed E-state index contributed by atoms with van der Waals surface area (Å²) in [6, 6.07) is 15.5. The normalized spacial score (nSPS) is 20.2. The Hall–Kier alpha value is -4.52. The second-order valence-corrected chi connectivity index (χ2v) is 12.6. The van der Waals surface area contributed by atoms with Crippen molar-refractivity contribution in [3.05, 3.63) is 71.8 Å². The maximum atomic E-state index is 13.6. The van der Waals surface area contributed by atoms with Crippen LogP contribution in [0.15, 0.2) is 60.7 Å². The van der Waals surface area contributed by atoms with E-state index in [-0.39, 0.29) is 24.8 Å². The van der Waals surface area contributed by atoms with Crippen molar-refractivity contribution in [3.8, 4) is 24.7 Å². The highest BCUT2D eigenvalue weighted by Crippen LogP contribution is 2.28. The van der Waals surface area contributed by atoms with Crippen LogP contribution in [0.3, 0.4) is 0 Å². The van der Waals surface area contributed by atoms with Crippen LogP contribution in [0.5, 0.6) is 0 Å². The van der Waals surface area contributed by atoms with E-state index in [0.29, 0.717) is 25.9 Å². The van der Waals surface area contributed by atoms with Gasteiger partial charge in [-0.3, -0.25) is 29.4 Å². The molecular weight excluding hydrogens is 608 g/mol. The average molecular weight is 655 g/mol. The number of amides is 3. The zero-order valence-corrected chi connectivity index (χ0v) is 27.7. The second-order valence-electron chi connectivity index (χ2n) is 12.6. The van der Waals surface area contributed by atoms with E-state index < -0.39 is 41.6 Å². The molecule has 2 aliphatic rings. The van der Waals surface area contributed by atoms with E-state index in [9.17, 15) is 19.2 Å². The van der Waals surface area contributed by atoms with Gasteiger partial charge in [-0.2, -0.15) is 0 Å². The quantitative estimate of drug-likeness (QED) is 0.140. The number of epoxide rings is 1. The summed E-state index contributed by atoms with van der Waals surface area (Å²) in [7, 11) is 2.04. The number of ether oxygens (including phenoxy) is 1. The molecule has 4 rings (SSSR count). The summed E-state index contributed by atoms with van der Waals surface area (Å²) in [6.07, 6.45) is 12.7. The SMILES string of the molecule is C#C[C@H](NC(=O)[C@H](CCc1ccccc1)NC(=O)CN1CCN(C)CC1)C(=O)N[C@H](CN[C@@H](C#C)C(=O)[C@@]1(C)CO1)Cc1ccccc1. The van der Waals surface area contributed by atoms with Crippen molar-refractivity contribution in [1.29, 1.82) is 0 Å². The second kappa shape index (κ2) is 17.6. The Labute approximate surface area is 283 Å². The minimum atomic E-state index is -1.31. The highest BCUT2D eigenvalue weighted by Gasteiger charge is 2.49. The van der Waals surface area contributed by atoms with E-state index in [2.05, 4.69) is 42.9 Å². The minimum absolute atomic E-state index is 0.157. The third-order valence-corrected chi connectivity index (χ3v) is 8.66. The molecule has 2 saturated heterocycles. The predicted molar refractivity (Wildman–Crippen MR) is 183 cm³/mol. The van der Waals surface area contributed by atoms with Crippen LogP contribution in [-0.2, 0) is 36.8 Å². The number of aryl methyl sites for hydroxylation is 1. The first kappa shape index (κ1) is 36.3. The molecule has 2 aromatic rings. The molecule has 11 nitrogen and oxygen atoms in total. The first-order chi connectivity index (χ1) is 23.1. The summed E-state index contributed by atoms with van der Waals surface area (Å²) >= 11 is 0. The first-order valence-electron chi connectivity index (χ1n) is 16.3. The molecule has 0 saturated carbocycles. The fourth-order valence-electron chi connectivity index (χ4n) is 5.50. The summed E-state index contributed by atoms with van der Waals surface area (Å²) < 4.78 is 5.27. The standard InChI is InChI=1S/C37H46N6O5/c1-5-30(34(45)37(3)26-48-37)38-24-29(23-28-15-11-8-12-16-28)39-35(46)31(6-2)41-36(47)32(18-17-27-13-9-7-10-14-27)40-33(44)25-43-21-19-42(4)20-22-43/h1-2,7-16,29-32,38H,17-26H2,3-4H3,(H,39,46)(H,40,44)(H,41,47)/t29-,30-,31-,32-,37+/m0/s1. The Morgan fingerprint density at radius 3 is 2.04 bits per heavy atom. The topological polar surface area (TPSA) is 135 Å². The number of nitrogens with zero attached hydrogens (tertiary/aromatic N) is 2. The van der Waals surface area contributed by atoms with Crippen LogP contribution in [0.2, 0.25) is 0 Å². The number of hydrogen-bond donors (Lipinski definition) is 4. The number of hydrogen-bond acceptors (Lipinski definition) is 8. The van der Waals surface area contributed by atoms with Gasteiger partial charge in [-0.1, -0.05) is 72.5 Å². The average Bonchev–Trinajstić information content (AvgIpc) is 3.85. The molecule has 2 fully saturated rings. The highest BCUT2D eigenvalue weighted by molar-refractivity contribution is 5.96. The Kier molecular flexibility index (Phi) is 13.3. The Balaban J connectivity index is 1.41. The van der Waals surface area contributed by atoms with Gasteiger partial charge in [0.2, 0.25) is 11.8 Å². The third kappa shape index (κ3) is 11.0. The number of carbonyl (C=O) groups excluding carboxylic acids is 4. The zero-order chi connectivity index (χ0) is 34.5. The summed E-state index contributed by atoms with van der Waals surface area (Å²) in [5.74, 6) is 3.19. The smallest absolute Gasteiger partial charge is 0.255 e. The van der Waals surface area contributed by atoms with Gasteiger partial charge in [0, 0.05) is 38.8 Å². The van der Waals surface area contributed by atoms with Gasteiger partial charge in [0.1, 0.15) is 17.7 Å². The first-order valence-corrected chi connectivity index (χ1v) is 16.3. The van der Waals surface area contributed by atoms with Gasteiger partial charge in [-0.25, -0.2) is 0 Å². The van der Waals surface area contributed by atoms with E-state index in [1.165, 1.54) is 0 Å². The van der Waals surface area contributed by atoms with E-state index in [4.69, 9.17) is 17.6 Å². The number of Topliss-reactive ketones (excluding diaryl/α,β-unsaturated/α-hetero) is 1. The molecule has 0 aromatic heterocycles. The van der Waals surface area contributed by atoms with Gasteiger partial charge in [0.15, 0.2) is 11.8 Å². The zero-order valence-electron chi connectivity index (χ0n) is 27.7. The molecular formula is C37H46N6O5. The lowest BCUT2D eigenvalue weighted by molar-refractivity contribution is -0.132. The number of nitrogens with one attached hydrogen (secondary N) is 4. The largest absolute Gasteiger partial charge is 0.361 e. The molecule has 3 amide bonds. The van der Waals surface area contributed by atoms with Gasteiger partial charge in [0.25, 0.3) is 5.91 Å². The Bertz CT molecular complexity index is 1480. The molecule has 0 aliphatic carbocycles. The molecule has 48 heavy (non-hydrogen) atoms. The van der Waals surface area contributed by atoms with Crippen molar-refractivity contribution in [1.82, 2.24) is 31.1 Å². The van der Waals surface area contributed by atoms with Crippen molar-refractivity contribution < 1.29 is 23.9 Å². The van der Waals surface area contributed by atoms with Crippen LogP contribution >= 0.6 is 0 Å². The monoisotopic (exact) mass is 654 g/mol. The highest BCUT2D eigenvalue weighted by atomic mass is 16.6. The number of terminal acetylenes is 2. The number of rotatable bonds is 17. The molecule has 4 N–H and O–H groups in total. The number of carbonyl (C=O) groups is 4. The van der Waals surface area contributed by atoms with E-state index in [1.54, 1.807) is 6.92 Å². The van der Waals surface area contributed by atoms with E-state index >= 15 is 0 Å². The third-order valence-electron chi connectivity index (χ3n) is 8.66. The van der Waals surface area contributed by atoms with Crippen LogP contribution in [-0.4, -0.2) is 116 Å². The molecule has 2 heterocycles. The van der Waals surface area contributed by atoms with Crippen molar-refractivity contribution in [3.63, 3.8) is 0 Å². The van der Waals surface area contributed by atoms with Gasteiger partial charge in [0.05, 0.1) is 13.2 Å². The maximum absolute atomic E-state index is 13.6. The number of likely N-dealkylation sites (N-methyl/N-ethyl adjacent to an activating group) is 1.